The number of nitrogens with zero attached hydrogens (tertiary/aromatic N) is 3. The summed E-state index contributed by atoms with van der Waals surface area (Å²) in [6.07, 6.45) is 1.22. The number of nitrogens with one attached hydrogen (secondary N) is 3. The molecule has 0 saturated heterocycles. The summed E-state index contributed by atoms with van der Waals surface area (Å²) in [4.78, 5) is 25.7. The van der Waals surface area contributed by atoms with E-state index in [2.05, 4.69) is 30.7 Å². The van der Waals surface area contributed by atoms with E-state index < -0.39 is 5.91 Å². The van der Waals surface area contributed by atoms with Crippen molar-refractivity contribution in [3.8, 4) is 0 Å². The van der Waals surface area contributed by atoms with Crippen molar-refractivity contribution in [3.05, 3.63) is 34.6 Å². The van der Waals surface area contributed by atoms with Crippen LogP contribution in [-0.2, 0) is 0 Å². The molecule has 0 aliphatic heterocycles. The maximum atomic E-state index is 11.4. The Labute approximate surface area is 82.8 Å². The van der Waals surface area contributed by atoms with E-state index in [0.29, 0.717) is 0 Å². The molecule has 0 saturated carbocycles. The van der Waals surface area contributed by atoms with Gasteiger partial charge < -0.3 is 5.32 Å². The first-order valence-corrected chi connectivity index (χ1v) is 3.98. The minimum atomic E-state index is -0.480. The molecule has 3 N–H and O–H groups in total. The van der Waals surface area contributed by atoms with Gasteiger partial charge in [0, 0.05) is 6.07 Å². The van der Waals surface area contributed by atoms with Crippen LogP contribution >= 0.6 is 0 Å². The fraction of sp³-hybridized carbons (Fsp3) is 0. The lowest BCUT2D eigenvalue weighted by atomic mass is 10.5. The molecule has 0 aliphatic carbocycles. The second-order valence-corrected chi connectivity index (χ2v) is 2.59. The summed E-state index contributed by atoms with van der Waals surface area (Å²) < 4.78 is 0. The quantitative estimate of drug-likeness (QED) is 0.591. The number of H-pyrrole nitrogens is 2. The van der Waals surface area contributed by atoms with Gasteiger partial charge in [-0.05, 0) is 6.07 Å². The van der Waals surface area contributed by atoms with Gasteiger partial charge >= 0.3 is 0 Å². The summed E-state index contributed by atoms with van der Waals surface area (Å²) in [5, 5.41) is 14.1. The molecule has 0 fully saturated rings. The monoisotopic (exact) mass is 206 g/mol. The van der Waals surface area contributed by atoms with Gasteiger partial charge in [0.25, 0.3) is 11.5 Å². The Hall–Kier alpha value is -2.51. The van der Waals surface area contributed by atoms with E-state index in [1.165, 1.54) is 18.5 Å². The van der Waals surface area contributed by atoms with E-state index in [-0.39, 0.29) is 17.2 Å². The smallest absolute Gasteiger partial charge is 0.294 e. The number of rotatable bonds is 2. The van der Waals surface area contributed by atoms with Gasteiger partial charge in [-0.2, -0.15) is 10.2 Å². The number of carbonyl (C=O) groups excluding carboxylic acids is 1. The zero-order valence-electron chi connectivity index (χ0n) is 7.39. The van der Waals surface area contributed by atoms with Crippen LogP contribution in [0.15, 0.2) is 23.3 Å². The highest BCUT2D eigenvalue weighted by molar-refractivity contribution is 6.00. The number of hydrogen-bond acceptors (Lipinski definition) is 5. The van der Waals surface area contributed by atoms with Crippen LogP contribution in [-0.4, -0.2) is 31.3 Å². The summed E-state index contributed by atoms with van der Waals surface area (Å²) in [6, 6.07) is 2.64. The van der Waals surface area contributed by atoms with E-state index in [4.69, 9.17) is 0 Å². The van der Waals surface area contributed by atoms with E-state index >= 15 is 0 Å². The van der Waals surface area contributed by atoms with Gasteiger partial charge in [-0.1, -0.05) is 0 Å². The molecular formula is C7H6N6O2. The summed E-state index contributed by atoms with van der Waals surface area (Å²) in [7, 11) is 0. The molecule has 76 valence electrons. The van der Waals surface area contributed by atoms with Crippen LogP contribution in [0.25, 0.3) is 0 Å². The van der Waals surface area contributed by atoms with Crippen LogP contribution in [0.2, 0.25) is 0 Å². The SMILES string of the molecule is O=C(Nc1ccc(=O)[nH]n1)c1ncn[nH]1. The van der Waals surface area contributed by atoms with Crippen LogP contribution < -0.4 is 10.9 Å². The number of anilines is 1. The average Bonchev–Trinajstić information content (AvgIpc) is 2.74. The molecule has 8 heteroatoms. The topological polar surface area (TPSA) is 116 Å². The molecule has 0 radical (unpaired) electrons. The molecule has 2 aromatic heterocycles. The fourth-order valence-corrected chi connectivity index (χ4v) is 0.904. The molecule has 0 atom stereocenters. The number of hydrogen-bond donors (Lipinski definition) is 3. The largest absolute Gasteiger partial charge is 0.302 e. The highest BCUT2D eigenvalue weighted by atomic mass is 16.2. The number of aromatic nitrogens is 5. The third-order valence-electron chi connectivity index (χ3n) is 1.55. The Bertz CT molecular complexity index is 496. The fourth-order valence-electron chi connectivity index (χ4n) is 0.904. The summed E-state index contributed by atoms with van der Waals surface area (Å²) in [5.41, 5.74) is -0.340. The van der Waals surface area contributed by atoms with Crippen molar-refractivity contribution in [1.82, 2.24) is 25.4 Å². The molecular weight excluding hydrogens is 200 g/mol. The lowest BCUT2D eigenvalue weighted by Gasteiger charge is -1.99. The lowest BCUT2D eigenvalue weighted by Crippen LogP contribution is -2.16. The normalized spacial score (nSPS) is 9.87. The van der Waals surface area contributed by atoms with E-state index in [0.717, 1.165) is 0 Å². The van der Waals surface area contributed by atoms with Gasteiger partial charge in [-0.25, -0.2) is 10.1 Å². The lowest BCUT2D eigenvalue weighted by molar-refractivity contribution is 0.101. The van der Waals surface area contributed by atoms with Crippen molar-refractivity contribution >= 4 is 11.7 Å². The minimum absolute atomic E-state index is 0.0722. The first-order chi connectivity index (χ1) is 7.25. The zero-order chi connectivity index (χ0) is 10.7. The van der Waals surface area contributed by atoms with Gasteiger partial charge in [-0.15, -0.1) is 0 Å². The Morgan fingerprint density at radius 2 is 2.20 bits per heavy atom. The summed E-state index contributed by atoms with van der Waals surface area (Å²) in [5.74, 6) is -0.175. The Morgan fingerprint density at radius 3 is 2.80 bits per heavy atom. The van der Waals surface area contributed by atoms with Crippen molar-refractivity contribution in [1.29, 1.82) is 0 Å². The second kappa shape index (κ2) is 3.70. The predicted octanol–water partition coefficient (Wildman–Crippen LogP) is -0.860. The van der Waals surface area contributed by atoms with Gasteiger partial charge in [0.1, 0.15) is 6.33 Å². The third kappa shape index (κ3) is 2.05. The van der Waals surface area contributed by atoms with Crippen molar-refractivity contribution in [2.24, 2.45) is 0 Å². The summed E-state index contributed by atoms with van der Waals surface area (Å²) >= 11 is 0. The van der Waals surface area contributed by atoms with Gasteiger partial charge in [0.2, 0.25) is 5.82 Å². The zero-order valence-corrected chi connectivity index (χ0v) is 7.39. The molecule has 2 rings (SSSR count). The molecule has 2 heterocycles. The Morgan fingerprint density at radius 1 is 1.33 bits per heavy atom. The van der Waals surface area contributed by atoms with Gasteiger partial charge in [-0.3, -0.25) is 14.7 Å². The first kappa shape index (κ1) is 9.06. The highest BCUT2D eigenvalue weighted by Crippen LogP contribution is 1.98. The van der Waals surface area contributed by atoms with Gasteiger partial charge in [0.15, 0.2) is 5.82 Å². The average molecular weight is 206 g/mol. The van der Waals surface area contributed by atoms with Crippen LogP contribution in [0.1, 0.15) is 10.6 Å². The molecule has 0 unspecified atom stereocenters. The number of carbonyl (C=O) groups is 1. The molecule has 0 aliphatic rings. The Kier molecular flexibility index (Phi) is 2.23. The van der Waals surface area contributed by atoms with Gasteiger partial charge in [0.05, 0.1) is 0 Å². The van der Waals surface area contributed by atoms with Crippen LogP contribution in [0.4, 0.5) is 5.82 Å². The number of amides is 1. The number of aromatic amines is 2. The van der Waals surface area contributed by atoms with E-state index in [1.54, 1.807) is 0 Å². The van der Waals surface area contributed by atoms with Crippen LogP contribution in [0, 0.1) is 0 Å². The maximum Gasteiger partial charge on any atom is 0.294 e. The minimum Gasteiger partial charge on any atom is -0.302 e. The van der Waals surface area contributed by atoms with E-state index in [1.807, 2.05) is 0 Å². The van der Waals surface area contributed by atoms with Crippen LogP contribution in [0.5, 0.6) is 0 Å². The van der Waals surface area contributed by atoms with E-state index in [9.17, 15) is 9.59 Å². The highest BCUT2D eigenvalue weighted by Gasteiger charge is 2.08. The molecule has 8 nitrogen and oxygen atoms in total. The Balaban J connectivity index is 2.13. The van der Waals surface area contributed by atoms with Crippen molar-refractivity contribution in [2.45, 2.75) is 0 Å². The standard InChI is InChI=1S/C7H6N6O2/c14-5-2-1-4(11-12-5)10-7(15)6-8-3-9-13-6/h1-3H,(H,12,14)(H,8,9,13)(H,10,11,15). The van der Waals surface area contributed by atoms with Crippen molar-refractivity contribution < 1.29 is 4.79 Å². The third-order valence-corrected chi connectivity index (χ3v) is 1.55. The molecule has 0 aromatic carbocycles. The second-order valence-electron chi connectivity index (χ2n) is 2.59. The molecule has 2 aromatic rings. The molecule has 1 amide bonds. The summed E-state index contributed by atoms with van der Waals surface area (Å²) in [6.45, 7) is 0. The van der Waals surface area contributed by atoms with Crippen LogP contribution in [0.3, 0.4) is 0 Å². The maximum absolute atomic E-state index is 11.4. The predicted molar refractivity (Wildman–Crippen MR) is 49.2 cm³/mol. The molecule has 0 spiro atoms. The van der Waals surface area contributed by atoms with Crippen molar-refractivity contribution in [3.63, 3.8) is 0 Å². The molecule has 0 bridgehead atoms. The first-order valence-electron chi connectivity index (χ1n) is 3.98. The van der Waals surface area contributed by atoms with Crippen molar-refractivity contribution in [2.75, 3.05) is 5.32 Å². The molecule has 15 heavy (non-hydrogen) atoms.